The highest BCUT2D eigenvalue weighted by molar-refractivity contribution is 7.91. The molecule has 0 aliphatic carbocycles. The number of nitrogens with zero attached hydrogens (tertiary/aromatic N) is 4. The summed E-state index contributed by atoms with van der Waals surface area (Å²) in [6.45, 7) is -0.731. The average Bonchev–Trinajstić information content (AvgIpc) is 2.91. The van der Waals surface area contributed by atoms with Crippen LogP contribution in [0, 0.1) is 0 Å². The summed E-state index contributed by atoms with van der Waals surface area (Å²) in [4.78, 5) is 8.54. The number of carboxylic acids is 1. The molecule has 0 radical (unpaired) electrons. The van der Waals surface area contributed by atoms with Crippen molar-refractivity contribution >= 4 is 81.5 Å². The summed E-state index contributed by atoms with van der Waals surface area (Å²) in [5, 5.41) is 23.9. The van der Waals surface area contributed by atoms with E-state index in [1.54, 1.807) is 0 Å². The molecule has 3 rings (SSSR count). The maximum absolute atomic E-state index is 12.5. The number of carbonyl (C=O) groups is 1. The first-order chi connectivity index (χ1) is 20.3. The molecule has 1 unspecified atom stereocenters. The Balaban J connectivity index is 2.13. The number of azo groups is 2. The van der Waals surface area contributed by atoms with Crippen LogP contribution < -0.4 is 11.5 Å². The number of hydrogen-bond acceptors (Lipinski definition) is 15. The molecule has 0 saturated heterocycles. The minimum atomic E-state index is -5.16. The van der Waals surface area contributed by atoms with Gasteiger partial charge in [0.25, 0.3) is 20.2 Å². The van der Waals surface area contributed by atoms with Crippen LogP contribution in [0.25, 0.3) is 0 Å². The van der Waals surface area contributed by atoms with Gasteiger partial charge in [0.15, 0.2) is 9.84 Å². The monoisotopic (exact) mass is 692 g/mol. The molecular formula is C21H20N6O13S4. The Morgan fingerprint density at radius 3 is 2.05 bits per heavy atom. The van der Waals surface area contributed by atoms with E-state index in [4.69, 9.17) is 21.1 Å². The predicted octanol–water partition coefficient (Wildman–Crippen LogP) is 2.80. The first-order valence-electron chi connectivity index (χ1n) is 11.3. The van der Waals surface area contributed by atoms with Gasteiger partial charge in [-0.25, -0.2) is 13.2 Å². The maximum atomic E-state index is 12.5. The van der Waals surface area contributed by atoms with Crippen LogP contribution in [0.15, 0.2) is 83.7 Å². The first kappa shape index (κ1) is 34.3. The topological polar surface area (TPSA) is 328 Å². The van der Waals surface area contributed by atoms with Crippen molar-refractivity contribution in [1.29, 1.82) is 0 Å². The van der Waals surface area contributed by atoms with Crippen molar-refractivity contribution in [3.63, 3.8) is 0 Å². The van der Waals surface area contributed by atoms with Crippen molar-refractivity contribution in [3.8, 4) is 0 Å². The predicted molar refractivity (Wildman–Crippen MR) is 152 cm³/mol. The average molecular weight is 693 g/mol. The van der Waals surface area contributed by atoms with Gasteiger partial charge in [0.2, 0.25) is 0 Å². The van der Waals surface area contributed by atoms with Crippen LogP contribution in [0.2, 0.25) is 0 Å². The highest BCUT2D eigenvalue weighted by Crippen LogP contribution is 2.43. The van der Waals surface area contributed by atoms with E-state index in [1.165, 1.54) is 18.2 Å². The smallest absolute Gasteiger partial charge is 0.335 e. The molecule has 0 spiro atoms. The highest BCUT2D eigenvalue weighted by atomic mass is 32.2. The Morgan fingerprint density at radius 2 is 1.45 bits per heavy atom. The van der Waals surface area contributed by atoms with Crippen molar-refractivity contribution in [3.05, 3.63) is 54.1 Å². The third-order valence-corrected chi connectivity index (χ3v) is 9.15. The molecule has 0 aliphatic heterocycles. The van der Waals surface area contributed by atoms with E-state index in [9.17, 15) is 43.4 Å². The number of nitrogen functional groups attached to an aromatic ring is 2. The van der Waals surface area contributed by atoms with E-state index < -0.39 is 103 Å². The highest BCUT2D eigenvalue weighted by Gasteiger charge is 2.24. The van der Waals surface area contributed by atoms with E-state index in [1.807, 2.05) is 0 Å². The van der Waals surface area contributed by atoms with Crippen molar-refractivity contribution in [2.45, 2.75) is 14.7 Å². The number of aromatic carboxylic acids is 1. The molecule has 19 nitrogen and oxygen atoms in total. The first-order valence-corrected chi connectivity index (χ1v) is 16.8. The number of hydrogen-bond donors (Lipinski definition) is 6. The summed E-state index contributed by atoms with van der Waals surface area (Å²) >= 11 is -2.76. The minimum Gasteiger partial charge on any atom is -0.478 e. The van der Waals surface area contributed by atoms with E-state index >= 15 is 0 Å². The Bertz CT molecular complexity index is 2050. The molecule has 44 heavy (non-hydrogen) atoms. The molecule has 0 amide bonds. The van der Waals surface area contributed by atoms with Crippen LogP contribution >= 0.6 is 0 Å². The van der Waals surface area contributed by atoms with Crippen LogP contribution in [-0.4, -0.2) is 66.6 Å². The van der Waals surface area contributed by atoms with E-state index in [2.05, 4.69) is 24.6 Å². The Kier molecular flexibility index (Phi) is 10.3. The van der Waals surface area contributed by atoms with E-state index in [-0.39, 0.29) is 11.3 Å². The molecule has 0 fully saturated rings. The maximum Gasteiger partial charge on any atom is 0.335 e. The molecule has 0 aromatic heterocycles. The molecule has 0 bridgehead atoms. The van der Waals surface area contributed by atoms with E-state index in [0.717, 1.165) is 18.2 Å². The van der Waals surface area contributed by atoms with Gasteiger partial charge in [0.1, 0.15) is 26.9 Å². The van der Waals surface area contributed by atoms with Gasteiger partial charge in [-0.3, -0.25) is 17.8 Å². The van der Waals surface area contributed by atoms with Crippen LogP contribution in [-0.2, 0) is 45.6 Å². The van der Waals surface area contributed by atoms with Gasteiger partial charge in [-0.05, 0) is 42.5 Å². The molecule has 23 heteroatoms. The molecule has 0 heterocycles. The summed E-state index contributed by atoms with van der Waals surface area (Å²) in [6, 6.07) is 7.93. The van der Waals surface area contributed by atoms with Crippen molar-refractivity contribution in [1.82, 2.24) is 0 Å². The minimum absolute atomic E-state index is 0.0202. The van der Waals surface area contributed by atoms with Gasteiger partial charge in [0, 0.05) is 0 Å². The summed E-state index contributed by atoms with van der Waals surface area (Å²) in [5.74, 6) is -2.12. The third kappa shape index (κ3) is 8.44. The standard InChI is InChI=1S/C21H20N6O13S4/c22-18-15(10-17(44(37,38)39)19(23)20(18)27-24-12-3-1-2-11(8-12)21(28)29)26-25-14-5-4-13(9-16(14)43(34,35)36)42(32,33)7-6-40-41(30)31/h1-5,8-10H,6-7,22-23H2,(H,28,29)(H,30,31)(H,34,35,36)(H,37,38,39). The second-order valence-corrected chi connectivity index (χ2v) is 13.8. The summed E-state index contributed by atoms with van der Waals surface area (Å²) in [5.41, 5.74) is 8.71. The molecule has 236 valence electrons. The van der Waals surface area contributed by atoms with Crippen molar-refractivity contribution in [2.24, 2.45) is 20.5 Å². The normalized spacial score (nSPS) is 13.4. The Hall–Kier alpha value is -4.23. The van der Waals surface area contributed by atoms with Crippen LogP contribution in [0.5, 0.6) is 0 Å². The van der Waals surface area contributed by atoms with Gasteiger partial charge in [-0.2, -0.15) is 26.2 Å². The fourth-order valence-electron chi connectivity index (χ4n) is 3.29. The molecule has 0 aliphatic rings. The van der Waals surface area contributed by atoms with Gasteiger partial charge < -0.3 is 16.6 Å². The van der Waals surface area contributed by atoms with E-state index in [0.29, 0.717) is 12.1 Å². The number of anilines is 2. The van der Waals surface area contributed by atoms with Gasteiger partial charge in [0.05, 0.1) is 39.9 Å². The fraction of sp³-hybridized carbons (Fsp3) is 0.0952. The molecule has 0 saturated carbocycles. The summed E-state index contributed by atoms with van der Waals surface area (Å²) < 4.78 is 116. The zero-order valence-electron chi connectivity index (χ0n) is 21.6. The van der Waals surface area contributed by atoms with Gasteiger partial charge in [-0.1, -0.05) is 6.07 Å². The molecule has 1 atom stereocenters. The fourth-order valence-corrected chi connectivity index (χ4v) is 6.09. The van der Waals surface area contributed by atoms with Gasteiger partial charge >= 0.3 is 17.3 Å². The number of nitrogens with two attached hydrogens (primary N) is 2. The summed E-state index contributed by atoms with van der Waals surface area (Å²) in [6.07, 6.45) is 0. The lowest BCUT2D eigenvalue weighted by Crippen LogP contribution is -2.14. The molecular weight excluding hydrogens is 673 g/mol. The SMILES string of the molecule is Nc1c(N=Nc2ccc(S(=O)(=O)CCOS(=O)O)cc2S(=O)(=O)O)cc(S(=O)(=O)O)c(N)c1N=Nc1cccc(C(=O)O)c1. The number of benzene rings is 3. The molecule has 3 aromatic carbocycles. The number of sulfone groups is 1. The van der Waals surface area contributed by atoms with Crippen LogP contribution in [0.4, 0.5) is 34.1 Å². The summed E-state index contributed by atoms with van der Waals surface area (Å²) in [7, 11) is -14.5. The second kappa shape index (κ2) is 13.2. The lowest BCUT2D eigenvalue weighted by Gasteiger charge is -2.11. The lowest BCUT2D eigenvalue weighted by molar-refractivity contribution is 0.0696. The lowest BCUT2D eigenvalue weighted by atomic mass is 10.2. The third-order valence-electron chi connectivity index (χ3n) is 5.33. The molecule has 8 N–H and O–H groups in total. The quantitative estimate of drug-likeness (QED) is 0.0687. The Labute approximate surface area is 251 Å². The second-order valence-electron chi connectivity index (χ2n) is 8.26. The van der Waals surface area contributed by atoms with Crippen molar-refractivity contribution in [2.75, 3.05) is 23.8 Å². The molecule has 3 aromatic rings. The van der Waals surface area contributed by atoms with Crippen LogP contribution in [0.1, 0.15) is 10.4 Å². The number of carboxylic acid groups (broad SMARTS) is 1. The van der Waals surface area contributed by atoms with Gasteiger partial charge in [-0.15, -0.1) is 15.3 Å². The zero-order chi connectivity index (χ0) is 33.0. The Morgan fingerprint density at radius 1 is 0.818 bits per heavy atom. The largest absolute Gasteiger partial charge is 0.478 e. The van der Waals surface area contributed by atoms with Crippen molar-refractivity contribution < 1.29 is 57.2 Å². The van der Waals surface area contributed by atoms with Crippen LogP contribution in [0.3, 0.4) is 0 Å². The zero-order valence-corrected chi connectivity index (χ0v) is 24.8. The number of rotatable bonds is 12.